The first-order valence-electron chi connectivity index (χ1n) is 6.25. The normalized spacial score (nSPS) is 10.8. The van der Waals surface area contributed by atoms with Crippen LogP contribution in [0.1, 0.15) is 34.1 Å². The Morgan fingerprint density at radius 1 is 1.30 bits per heavy atom. The molecule has 0 saturated heterocycles. The Bertz CT molecular complexity index is 505. The first-order valence-corrected chi connectivity index (χ1v) is 6.25. The molecule has 0 aliphatic rings. The molecule has 1 rings (SSSR count). The second-order valence-electron chi connectivity index (χ2n) is 5.11. The van der Waals surface area contributed by atoms with Crippen molar-refractivity contribution in [1.29, 1.82) is 0 Å². The number of rotatable bonds is 3. The van der Waals surface area contributed by atoms with Gasteiger partial charge in [0.15, 0.2) is 11.5 Å². The van der Waals surface area contributed by atoms with Crippen molar-refractivity contribution >= 4 is 17.7 Å². The highest BCUT2D eigenvalue weighted by Crippen LogP contribution is 2.34. The van der Waals surface area contributed by atoms with E-state index in [0.29, 0.717) is 0 Å². The number of aromatic hydroxyl groups is 1. The Labute approximate surface area is 117 Å². The zero-order valence-electron chi connectivity index (χ0n) is 12.0. The number of anilines is 1. The molecule has 0 aliphatic carbocycles. The van der Waals surface area contributed by atoms with E-state index in [1.165, 1.54) is 18.2 Å². The molecule has 0 aliphatic heterocycles. The molecule has 0 spiro atoms. The van der Waals surface area contributed by atoms with Gasteiger partial charge in [0, 0.05) is 6.42 Å². The maximum Gasteiger partial charge on any atom is 0.412 e. The van der Waals surface area contributed by atoms with Gasteiger partial charge in [-0.2, -0.15) is 0 Å². The van der Waals surface area contributed by atoms with Crippen LogP contribution in [0.3, 0.4) is 0 Å². The molecule has 6 heteroatoms. The molecular weight excluding hydrogens is 262 g/mol. The van der Waals surface area contributed by atoms with Crippen LogP contribution in [-0.4, -0.2) is 22.8 Å². The van der Waals surface area contributed by atoms with E-state index < -0.39 is 17.7 Å². The minimum atomic E-state index is -0.697. The lowest BCUT2D eigenvalue weighted by molar-refractivity contribution is -0.134. The molecule has 0 aromatic heterocycles. The molecule has 20 heavy (non-hydrogen) atoms. The molecular formula is C14H19NO5. The maximum atomic E-state index is 11.7. The van der Waals surface area contributed by atoms with Crippen LogP contribution >= 0.6 is 0 Å². The molecule has 1 amide bonds. The third-order valence-corrected chi connectivity index (χ3v) is 2.13. The van der Waals surface area contributed by atoms with Crippen molar-refractivity contribution in [2.45, 2.75) is 39.7 Å². The molecule has 0 radical (unpaired) electrons. The highest BCUT2D eigenvalue weighted by atomic mass is 16.6. The number of para-hydroxylation sites is 1. The number of phenols is 1. The molecule has 0 bridgehead atoms. The molecule has 1 aromatic carbocycles. The molecule has 0 heterocycles. The predicted octanol–water partition coefficient (Wildman–Crippen LogP) is 3.05. The first-order chi connectivity index (χ1) is 9.23. The van der Waals surface area contributed by atoms with E-state index >= 15 is 0 Å². The van der Waals surface area contributed by atoms with Crippen LogP contribution < -0.4 is 10.1 Å². The topological polar surface area (TPSA) is 84.9 Å². The average molecular weight is 281 g/mol. The van der Waals surface area contributed by atoms with Crippen LogP contribution in [0, 0.1) is 0 Å². The van der Waals surface area contributed by atoms with E-state index in [-0.39, 0.29) is 23.6 Å². The molecule has 0 atom stereocenters. The summed E-state index contributed by atoms with van der Waals surface area (Å²) >= 11 is 0. The fourth-order valence-electron chi connectivity index (χ4n) is 1.33. The summed E-state index contributed by atoms with van der Waals surface area (Å²) in [7, 11) is 0. The fraction of sp³-hybridized carbons (Fsp3) is 0.429. The Kier molecular flexibility index (Phi) is 4.96. The summed E-state index contributed by atoms with van der Waals surface area (Å²) in [5, 5.41) is 12.2. The lowest BCUT2D eigenvalue weighted by atomic mass is 10.2. The van der Waals surface area contributed by atoms with Crippen LogP contribution in [0.4, 0.5) is 10.5 Å². The van der Waals surface area contributed by atoms with Crippen molar-refractivity contribution < 1.29 is 24.2 Å². The predicted molar refractivity (Wildman–Crippen MR) is 73.9 cm³/mol. The Morgan fingerprint density at radius 3 is 2.50 bits per heavy atom. The number of hydrogen-bond donors (Lipinski definition) is 2. The number of esters is 1. The number of ether oxygens (including phenoxy) is 2. The maximum absolute atomic E-state index is 11.7. The van der Waals surface area contributed by atoms with E-state index in [0.717, 1.165) is 0 Å². The van der Waals surface area contributed by atoms with Gasteiger partial charge < -0.3 is 14.6 Å². The van der Waals surface area contributed by atoms with Gasteiger partial charge in [-0.05, 0) is 32.9 Å². The van der Waals surface area contributed by atoms with Gasteiger partial charge in [-0.15, -0.1) is 0 Å². The van der Waals surface area contributed by atoms with Crippen LogP contribution in [-0.2, 0) is 9.53 Å². The first kappa shape index (κ1) is 15.8. The number of carbonyl (C=O) groups excluding carboxylic acids is 2. The Hall–Kier alpha value is -2.24. The van der Waals surface area contributed by atoms with Crippen molar-refractivity contribution in [2.24, 2.45) is 0 Å². The van der Waals surface area contributed by atoms with E-state index in [2.05, 4.69) is 5.32 Å². The second-order valence-corrected chi connectivity index (χ2v) is 5.11. The monoisotopic (exact) mass is 281 g/mol. The van der Waals surface area contributed by atoms with Gasteiger partial charge in [-0.25, -0.2) is 4.79 Å². The van der Waals surface area contributed by atoms with Gasteiger partial charge >= 0.3 is 12.1 Å². The van der Waals surface area contributed by atoms with E-state index in [9.17, 15) is 14.7 Å². The Balaban J connectivity index is 2.92. The number of amides is 1. The minimum absolute atomic E-state index is 0.0924. The van der Waals surface area contributed by atoms with Crippen LogP contribution in [0.15, 0.2) is 18.2 Å². The third-order valence-electron chi connectivity index (χ3n) is 2.13. The molecule has 6 nitrogen and oxygen atoms in total. The van der Waals surface area contributed by atoms with Gasteiger partial charge in [-0.1, -0.05) is 13.0 Å². The Morgan fingerprint density at radius 2 is 1.95 bits per heavy atom. The smallest absolute Gasteiger partial charge is 0.412 e. The summed E-state index contributed by atoms with van der Waals surface area (Å²) in [6.45, 7) is 6.82. The summed E-state index contributed by atoms with van der Waals surface area (Å²) in [4.78, 5) is 23.0. The zero-order valence-corrected chi connectivity index (χ0v) is 12.0. The van der Waals surface area contributed by atoms with E-state index in [4.69, 9.17) is 9.47 Å². The van der Waals surface area contributed by atoms with Gasteiger partial charge in [-0.3, -0.25) is 10.1 Å². The van der Waals surface area contributed by atoms with Gasteiger partial charge in [0.1, 0.15) is 5.60 Å². The lowest BCUT2D eigenvalue weighted by Crippen LogP contribution is -2.27. The number of carbonyl (C=O) groups is 2. The minimum Gasteiger partial charge on any atom is -0.504 e. The summed E-state index contributed by atoms with van der Waals surface area (Å²) < 4.78 is 10.1. The quantitative estimate of drug-likeness (QED) is 0.657. The number of benzene rings is 1. The molecule has 1 aromatic rings. The SMILES string of the molecule is CCC(=O)Oc1c(O)cccc1NC(=O)OC(C)(C)C. The van der Waals surface area contributed by atoms with Gasteiger partial charge in [0.2, 0.25) is 0 Å². The van der Waals surface area contributed by atoms with Crippen LogP contribution in [0.2, 0.25) is 0 Å². The van der Waals surface area contributed by atoms with Crippen molar-refractivity contribution in [3.05, 3.63) is 18.2 Å². The molecule has 0 fully saturated rings. The molecule has 110 valence electrons. The average Bonchev–Trinajstić information content (AvgIpc) is 2.30. The van der Waals surface area contributed by atoms with Gasteiger partial charge in [0.25, 0.3) is 0 Å². The standard InChI is InChI=1S/C14H19NO5/c1-5-11(17)19-12-9(7-6-8-10(12)16)15-13(18)20-14(2,3)4/h6-8,16H,5H2,1-4H3,(H,15,18). The summed E-state index contributed by atoms with van der Waals surface area (Å²) in [5.41, 5.74) is -0.484. The van der Waals surface area contributed by atoms with Crippen molar-refractivity contribution in [1.82, 2.24) is 0 Å². The molecule has 0 unspecified atom stereocenters. The molecule has 0 saturated carbocycles. The van der Waals surface area contributed by atoms with Crippen molar-refractivity contribution in [3.63, 3.8) is 0 Å². The van der Waals surface area contributed by atoms with Crippen molar-refractivity contribution in [2.75, 3.05) is 5.32 Å². The van der Waals surface area contributed by atoms with Crippen LogP contribution in [0.25, 0.3) is 0 Å². The van der Waals surface area contributed by atoms with Crippen LogP contribution in [0.5, 0.6) is 11.5 Å². The highest BCUT2D eigenvalue weighted by Gasteiger charge is 2.19. The van der Waals surface area contributed by atoms with Gasteiger partial charge in [0.05, 0.1) is 5.69 Å². The zero-order chi connectivity index (χ0) is 15.3. The number of nitrogens with one attached hydrogen (secondary N) is 1. The number of hydrogen-bond acceptors (Lipinski definition) is 5. The highest BCUT2D eigenvalue weighted by molar-refractivity contribution is 5.89. The molecule has 2 N–H and O–H groups in total. The lowest BCUT2D eigenvalue weighted by Gasteiger charge is -2.20. The largest absolute Gasteiger partial charge is 0.504 e. The third kappa shape index (κ3) is 4.79. The van der Waals surface area contributed by atoms with E-state index in [1.807, 2.05) is 0 Å². The van der Waals surface area contributed by atoms with E-state index in [1.54, 1.807) is 27.7 Å². The summed E-state index contributed by atoms with van der Waals surface area (Å²) in [6.07, 6.45) is -0.544. The fourth-order valence-corrected chi connectivity index (χ4v) is 1.33. The summed E-state index contributed by atoms with van der Waals surface area (Å²) in [5.74, 6) is -0.843. The summed E-state index contributed by atoms with van der Waals surface area (Å²) in [6, 6.07) is 4.38. The van der Waals surface area contributed by atoms with Crippen molar-refractivity contribution in [3.8, 4) is 11.5 Å². The second kappa shape index (κ2) is 6.27. The number of phenolic OH excluding ortho intramolecular Hbond substituents is 1.